The van der Waals surface area contributed by atoms with E-state index in [0.29, 0.717) is 33.9 Å². The smallest absolute Gasteiger partial charge is 0.341 e. The van der Waals surface area contributed by atoms with Crippen molar-refractivity contribution >= 4 is 50.9 Å². The molecule has 0 radical (unpaired) electrons. The van der Waals surface area contributed by atoms with Crippen molar-refractivity contribution in [2.45, 2.75) is 44.4 Å². The van der Waals surface area contributed by atoms with E-state index in [9.17, 15) is 19.2 Å². The van der Waals surface area contributed by atoms with Crippen LogP contribution in [0.5, 0.6) is 5.75 Å². The molecule has 11 heteroatoms. The summed E-state index contributed by atoms with van der Waals surface area (Å²) in [7, 11) is 3.07. The summed E-state index contributed by atoms with van der Waals surface area (Å²) in [5.74, 6) is -1.60. The van der Waals surface area contributed by atoms with E-state index in [1.165, 1.54) is 18.4 Å². The number of carbonyl (C=O) groups is 4. The van der Waals surface area contributed by atoms with E-state index < -0.39 is 17.8 Å². The Morgan fingerprint density at radius 2 is 2.03 bits per heavy atom. The summed E-state index contributed by atoms with van der Waals surface area (Å²) in [6, 6.07) is 5.34. The SMILES string of the molecule is COC(=O)c1c(NC(=O)COc2cccc3c(C4CCC(=O)NC4=O)nn(C)c23)sc2c1CCCC2. The monoisotopic (exact) mass is 510 g/mol. The molecule has 5 rings (SSSR count). The zero-order valence-electron chi connectivity index (χ0n) is 20.0. The standard InChI is InChI=1S/C25H26N4O6S/c1-29-22-14(21(28-29)15-10-11-18(30)26-23(15)32)7-5-8-16(22)35-12-19(31)27-24-20(25(33)34-2)13-6-3-4-9-17(13)36-24/h5,7-8,15H,3-4,6,9-12H2,1-2H3,(H,27,31)(H,26,30,32). The fourth-order valence-corrected chi connectivity index (χ4v) is 6.23. The number of imide groups is 1. The maximum absolute atomic E-state index is 12.8. The zero-order chi connectivity index (χ0) is 25.4. The molecule has 1 atom stereocenters. The van der Waals surface area contributed by atoms with E-state index in [-0.39, 0.29) is 24.8 Å². The lowest BCUT2D eigenvalue weighted by Crippen LogP contribution is -2.39. The highest BCUT2D eigenvalue weighted by Crippen LogP contribution is 2.39. The molecule has 3 heterocycles. The number of hydrogen-bond donors (Lipinski definition) is 2. The first-order valence-corrected chi connectivity index (χ1v) is 12.6. The quantitative estimate of drug-likeness (QED) is 0.385. The number of anilines is 1. The first-order valence-electron chi connectivity index (χ1n) is 11.8. The van der Waals surface area contributed by atoms with Gasteiger partial charge in [-0.05, 0) is 43.7 Å². The number of piperidine rings is 1. The zero-order valence-corrected chi connectivity index (χ0v) is 20.8. The normalized spacial score (nSPS) is 17.4. The van der Waals surface area contributed by atoms with Crippen molar-refractivity contribution in [1.29, 1.82) is 0 Å². The first-order chi connectivity index (χ1) is 17.4. The maximum Gasteiger partial charge on any atom is 0.341 e. The Hall–Kier alpha value is -3.73. The average Bonchev–Trinajstić information content (AvgIpc) is 3.40. The molecule has 1 fully saturated rings. The number of aromatic nitrogens is 2. The minimum atomic E-state index is -0.536. The highest BCUT2D eigenvalue weighted by Gasteiger charge is 2.32. The Morgan fingerprint density at radius 3 is 2.81 bits per heavy atom. The third kappa shape index (κ3) is 4.34. The number of methoxy groups -OCH3 is 1. The van der Waals surface area contributed by atoms with Crippen LogP contribution in [0.2, 0.25) is 0 Å². The van der Waals surface area contributed by atoms with E-state index in [2.05, 4.69) is 15.7 Å². The number of esters is 1. The van der Waals surface area contributed by atoms with Crippen molar-refractivity contribution in [2.24, 2.45) is 7.05 Å². The summed E-state index contributed by atoms with van der Waals surface area (Å²) in [5, 5.41) is 10.9. The number of hydrogen-bond acceptors (Lipinski definition) is 8. The van der Waals surface area contributed by atoms with Crippen LogP contribution < -0.4 is 15.4 Å². The summed E-state index contributed by atoms with van der Waals surface area (Å²) in [4.78, 5) is 50.3. The molecule has 3 amide bonds. The summed E-state index contributed by atoms with van der Waals surface area (Å²) in [6.45, 7) is -0.277. The molecule has 1 aliphatic heterocycles. The summed E-state index contributed by atoms with van der Waals surface area (Å²) in [6.07, 6.45) is 4.37. The first kappa shape index (κ1) is 24.0. The molecule has 188 valence electrons. The molecule has 2 N–H and O–H groups in total. The number of carbonyl (C=O) groups excluding carboxylic acids is 4. The molecular formula is C25H26N4O6S. The largest absolute Gasteiger partial charge is 0.481 e. The van der Waals surface area contributed by atoms with Crippen LogP contribution in [-0.4, -0.2) is 47.2 Å². The molecule has 3 aromatic rings. The number of nitrogens with one attached hydrogen (secondary N) is 2. The number of rotatable bonds is 6. The molecule has 0 bridgehead atoms. The Kier molecular flexibility index (Phi) is 6.48. The molecular weight excluding hydrogens is 484 g/mol. The van der Waals surface area contributed by atoms with Crippen LogP contribution in [0.25, 0.3) is 10.9 Å². The molecule has 36 heavy (non-hydrogen) atoms. The van der Waals surface area contributed by atoms with Gasteiger partial charge >= 0.3 is 5.97 Å². The lowest BCUT2D eigenvalue weighted by molar-refractivity contribution is -0.134. The van der Waals surface area contributed by atoms with Crippen LogP contribution in [0.1, 0.15) is 58.1 Å². The number of nitrogens with zero attached hydrogens (tertiary/aromatic N) is 2. The topological polar surface area (TPSA) is 129 Å². The number of benzene rings is 1. The van der Waals surface area contributed by atoms with Crippen molar-refractivity contribution in [3.05, 3.63) is 39.9 Å². The van der Waals surface area contributed by atoms with Crippen molar-refractivity contribution in [2.75, 3.05) is 19.0 Å². The van der Waals surface area contributed by atoms with E-state index >= 15 is 0 Å². The fourth-order valence-electron chi connectivity index (χ4n) is 4.93. The molecule has 1 aliphatic carbocycles. The van der Waals surface area contributed by atoms with Gasteiger partial charge in [-0.3, -0.25) is 24.4 Å². The number of fused-ring (bicyclic) bond motifs is 2. The van der Waals surface area contributed by atoms with Gasteiger partial charge in [-0.25, -0.2) is 4.79 Å². The molecule has 1 saturated heterocycles. The Morgan fingerprint density at radius 1 is 1.22 bits per heavy atom. The van der Waals surface area contributed by atoms with Crippen molar-refractivity contribution in [3.63, 3.8) is 0 Å². The van der Waals surface area contributed by atoms with Crippen LogP contribution in [0.3, 0.4) is 0 Å². The third-order valence-electron chi connectivity index (χ3n) is 6.60. The van der Waals surface area contributed by atoms with Gasteiger partial charge in [-0.2, -0.15) is 5.10 Å². The molecule has 10 nitrogen and oxygen atoms in total. The number of ether oxygens (including phenoxy) is 2. The highest BCUT2D eigenvalue weighted by molar-refractivity contribution is 7.17. The van der Waals surface area contributed by atoms with E-state index in [0.717, 1.165) is 41.5 Å². The number of para-hydroxylation sites is 1. The van der Waals surface area contributed by atoms with Crippen molar-refractivity contribution in [3.8, 4) is 5.75 Å². The van der Waals surface area contributed by atoms with Crippen molar-refractivity contribution in [1.82, 2.24) is 15.1 Å². The van der Waals surface area contributed by atoms with Gasteiger partial charge in [0.25, 0.3) is 5.91 Å². The predicted octanol–water partition coefficient (Wildman–Crippen LogP) is 2.84. The Balaban J connectivity index is 1.35. The Bertz CT molecular complexity index is 1390. The second-order valence-electron chi connectivity index (χ2n) is 8.91. The van der Waals surface area contributed by atoms with Gasteiger partial charge in [0, 0.05) is 23.7 Å². The van der Waals surface area contributed by atoms with Crippen molar-refractivity contribution < 1.29 is 28.7 Å². The van der Waals surface area contributed by atoms with Crippen LogP contribution in [0.15, 0.2) is 18.2 Å². The average molecular weight is 511 g/mol. The number of amides is 3. The van der Waals surface area contributed by atoms with Crippen LogP contribution in [0.4, 0.5) is 5.00 Å². The Labute approximate surface area is 210 Å². The van der Waals surface area contributed by atoms with Gasteiger partial charge in [-0.1, -0.05) is 12.1 Å². The van der Waals surface area contributed by atoms with Crippen LogP contribution in [0, 0.1) is 0 Å². The van der Waals surface area contributed by atoms with Gasteiger partial charge in [-0.15, -0.1) is 11.3 Å². The summed E-state index contributed by atoms with van der Waals surface area (Å²) >= 11 is 1.42. The predicted molar refractivity (Wildman–Crippen MR) is 132 cm³/mol. The molecule has 0 spiro atoms. The minimum Gasteiger partial charge on any atom is -0.481 e. The lowest BCUT2D eigenvalue weighted by atomic mass is 9.93. The molecule has 0 saturated carbocycles. The van der Waals surface area contributed by atoms with Gasteiger partial charge in [0.1, 0.15) is 16.3 Å². The molecule has 1 aromatic carbocycles. The highest BCUT2D eigenvalue weighted by atomic mass is 32.1. The van der Waals surface area contributed by atoms with Gasteiger partial charge in [0.2, 0.25) is 11.8 Å². The maximum atomic E-state index is 12.8. The van der Waals surface area contributed by atoms with E-state index in [1.807, 2.05) is 6.07 Å². The van der Waals surface area contributed by atoms with Crippen LogP contribution in [-0.2, 0) is 39.0 Å². The van der Waals surface area contributed by atoms with Gasteiger partial charge < -0.3 is 14.8 Å². The molecule has 2 aliphatic rings. The van der Waals surface area contributed by atoms with Crippen LogP contribution >= 0.6 is 11.3 Å². The van der Waals surface area contributed by atoms with Gasteiger partial charge in [0.05, 0.1) is 24.3 Å². The lowest BCUT2D eigenvalue weighted by Gasteiger charge is -2.19. The van der Waals surface area contributed by atoms with E-state index in [4.69, 9.17) is 9.47 Å². The fraction of sp³-hybridized carbons (Fsp3) is 0.400. The second kappa shape index (κ2) is 9.73. The summed E-state index contributed by atoms with van der Waals surface area (Å²) in [5.41, 5.74) is 2.62. The second-order valence-corrected chi connectivity index (χ2v) is 10.0. The minimum absolute atomic E-state index is 0.255. The number of thiophene rings is 1. The van der Waals surface area contributed by atoms with E-state index in [1.54, 1.807) is 23.9 Å². The van der Waals surface area contributed by atoms with Gasteiger partial charge in [0.15, 0.2) is 6.61 Å². The third-order valence-corrected chi connectivity index (χ3v) is 7.81. The number of aryl methyl sites for hydroxylation is 2. The molecule has 2 aromatic heterocycles. The summed E-state index contributed by atoms with van der Waals surface area (Å²) < 4.78 is 12.5. The molecule has 1 unspecified atom stereocenters.